The lowest BCUT2D eigenvalue weighted by Gasteiger charge is -2.22. The van der Waals surface area contributed by atoms with Crippen LogP contribution in [0, 0.1) is 11.3 Å². The summed E-state index contributed by atoms with van der Waals surface area (Å²) in [6, 6.07) is 7.57. The Morgan fingerprint density at radius 1 is 1.28 bits per heavy atom. The molecular formula is C12H13BrN2O2S. The molecule has 0 aromatic heterocycles. The molecule has 1 aromatic rings. The zero-order chi connectivity index (χ0) is 13.2. The monoisotopic (exact) mass is 328 g/mol. The number of sulfone groups is 1. The van der Waals surface area contributed by atoms with Crippen LogP contribution in [0.15, 0.2) is 22.7 Å². The summed E-state index contributed by atoms with van der Waals surface area (Å²) in [4.78, 5) is 2.05. The average molecular weight is 329 g/mol. The minimum absolute atomic E-state index is 0.199. The molecule has 1 saturated heterocycles. The molecule has 0 atom stereocenters. The second-order valence-corrected chi connectivity index (χ2v) is 7.43. The second-order valence-electron chi connectivity index (χ2n) is 4.27. The van der Waals surface area contributed by atoms with Gasteiger partial charge in [0.1, 0.15) is 6.07 Å². The van der Waals surface area contributed by atoms with Gasteiger partial charge in [0.15, 0.2) is 9.84 Å². The van der Waals surface area contributed by atoms with Crippen molar-refractivity contribution in [1.82, 2.24) is 0 Å². The Labute approximate surface area is 115 Å². The van der Waals surface area contributed by atoms with E-state index in [2.05, 4.69) is 26.9 Å². The molecule has 96 valence electrons. The molecule has 1 heterocycles. The molecule has 6 heteroatoms. The van der Waals surface area contributed by atoms with Crippen LogP contribution in [-0.2, 0) is 9.84 Å². The van der Waals surface area contributed by atoms with Crippen LogP contribution in [0.2, 0.25) is 0 Å². The van der Waals surface area contributed by atoms with E-state index in [1.54, 1.807) is 6.07 Å². The normalized spacial score (nSPS) is 19.0. The minimum Gasteiger partial charge on any atom is -0.370 e. The van der Waals surface area contributed by atoms with E-state index in [0.717, 1.165) is 16.7 Å². The maximum Gasteiger partial charge on any atom is 0.152 e. The number of hydrogen-bond acceptors (Lipinski definition) is 4. The van der Waals surface area contributed by atoms with E-state index in [9.17, 15) is 8.42 Å². The number of benzene rings is 1. The van der Waals surface area contributed by atoms with Crippen LogP contribution in [0.5, 0.6) is 0 Å². The summed E-state index contributed by atoms with van der Waals surface area (Å²) in [5.41, 5.74) is 1.54. The van der Waals surface area contributed by atoms with Crippen molar-refractivity contribution in [3.63, 3.8) is 0 Å². The largest absolute Gasteiger partial charge is 0.370 e. The molecule has 1 fully saturated rings. The molecule has 1 aliphatic rings. The third-order valence-corrected chi connectivity index (χ3v) is 5.37. The predicted octanol–water partition coefficient (Wildman–Crippen LogP) is 1.95. The molecule has 4 nitrogen and oxygen atoms in total. The van der Waals surface area contributed by atoms with Gasteiger partial charge in [-0.1, -0.05) is 0 Å². The number of anilines is 1. The Balaban J connectivity index is 2.22. The maximum atomic E-state index is 11.5. The molecule has 0 bridgehead atoms. The molecule has 1 aliphatic heterocycles. The number of halogens is 1. The highest BCUT2D eigenvalue weighted by Gasteiger charge is 2.19. The number of nitrogens with zero attached hydrogens (tertiary/aromatic N) is 2. The van der Waals surface area contributed by atoms with Gasteiger partial charge in [0.2, 0.25) is 0 Å². The molecule has 18 heavy (non-hydrogen) atoms. The zero-order valence-corrected chi connectivity index (χ0v) is 12.2. The van der Waals surface area contributed by atoms with E-state index in [-0.39, 0.29) is 11.5 Å². The molecular weight excluding hydrogens is 316 g/mol. The third kappa shape index (κ3) is 3.03. The van der Waals surface area contributed by atoms with Crippen LogP contribution >= 0.6 is 15.9 Å². The van der Waals surface area contributed by atoms with Gasteiger partial charge in [0.05, 0.1) is 17.1 Å². The fraction of sp³-hybridized carbons (Fsp3) is 0.417. The number of nitriles is 1. The smallest absolute Gasteiger partial charge is 0.152 e. The Kier molecular flexibility index (Phi) is 3.93. The standard InChI is InChI=1S/C12H13BrN2O2S/c13-12-8-11(3-2-10(12)9-14)15-4-1-6-18(16,17)7-5-15/h2-3,8H,1,4-7H2. The summed E-state index contributed by atoms with van der Waals surface area (Å²) in [7, 11) is -2.89. The fourth-order valence-corrected chi connectivity index (χ4v) is 3.72. The summed E-state index contributed by atoms with van der Waals surface area (Å²) < 4.78 is 23.8. The van der Waals surface area contributed by atoms with Crippen LogP contribution in [0.3, 0.4) is 0 Å². The van der Waals surface area contributed by atoms with E-state index in [1.165, 1.54) is 0 Å². The molecule has 0 N–H and O–H groups in total. The maximum absolute atomic E-state index is 11.5. The summed E-state index contributed by atoms with van der Waals surface area (Å²) in [5.74, 6) is 0.464. The van der Waals surface area contributed by atoms with Gasteiger partial charge in [-0.05, 0) is 40.5 Å². The molecule has 0 unspecified atom stereocenters. The molecule has 1 aromatic carbocycles. The van der Waals surface area contributed by atoms with Crippen molar-refractivity contribution in [2.24, 2.45) is 0 Å². The first-order valence-corrected chi connectivity index (χ1v) is 8.28. The topological polar surface area (TPSA) is 61.2 Å². The summed E-state index contributed by atoms with van der Waals surface area (Å²) in [6.07, 6.45) is 0.653. The van der Waals surface area contributed by atoms with E-state index in [0.29, 0.717) is 18.5 Å². The van der Waals surface area contributed by atoms with E-state index in [1.807, 2.05) is 12.1 Å². The van der Waals surface area contributed by atoms with Gasteiger partial charge in [0, 0.05) is 23.2 Å². The Hall–Kier alpha value is -1.06. The van der Waals surface area contributed by atoms with Crippen LogP contribution in [0.1, 0.15) is 12.0 Å². The molecule has 0 radical (unpaired) electrons. The number of hydrogen-bond donors (Lipinski definition) is 0. The first kappa shape index (κ1) is 13.4. The van der Waals surface area contributed by atoms with Gasteiger partial charge in [0.25, 0.3) is 0 Å². The van der Waals surface area contributed by atoms with Gasteiger partial charge in [-0.15, -0.1) is 0 Å². The summed E-state index contributed by atoms with van der Waals surface area (Å²) in [5, 5.41) is 8.86. The molecule has 0 spiro atoms. The first-order valence-electron chi connectivity index (χ1n) is 5.67. The highest BCUT2D eigenvalue weighted by molar-refractivity contribution is 9.10. The highest BCUT2D eigenvalue weighted by Crippen LogP contribution is 2.24. The second kappa shape index (κ2) is 5.29. The van der Waals surface area contributed by atoms with Crippen LogP contribution < -0.4 is 4.90 Å². The lowest BCUT2D eigenvalue weighted by atomic mass is 10.2. The zero-order valence-electron chi connectivity index (χ0n) is 9.76. The molecule has 0 saturated carbocycles. The molecule has 0 aliphatic carbocycles. The quantitative estimate of drug-likeness (QED) is 0.790. The number of rotatable bonds is 1. The van der Waals surface area contributed by atoms with E-state index in [4.69, 9.17) is 5.26 Å². The minimum atomic E-state index is -2.89. The van der Waals surface area contributed by atoms with Crippen LogP contribution in [0.4, 0.5) is 5.69 Å². The summed E-state index contributed by atoms with van der Waals surface area (Å²) in [6.45, 7) is 1.25. The van der Waals surface area contributed by atoms with Crippen molar-refractivity contribution in [3.05, 3.63) is 28.2 Å². The Morgan fingerprint density at radius 2 is 2.06 bits per heavy atom. The van der Waals surface area contributed by atoms with E-state index >= 15 is 0 Å². The lowest BCUT2D eigenvalue weighted by Crippen LogP contribution is -2.26. The van der Waals surface area contributed by atoms with Crippen molar-refractivity contribution >= 4 is 31.5 Å². The van der Waals surface area contributed by atoms with Crippen LogP contribution in [-0.4, -0.2) is 33.0 Å². The molecule has 0 amide bonds. The van der Waals surface area contributed by atoms with Gasteiger partial charge in [-0.25, -0.2) is 8.42 Å². The van der Waals surface area contributed by atoms with Gasteiger partial charge < -0.3 is 4.90 Å². The Bertz CT molecular complexity index is 593. The van der Waals surface area contributed by atoms with E-state index < -0.39 is 9.84 Å². The lowest BCUT2D eigenvalue weighted by molar-refractivity contribution is 0.597. The van der Waals surface area contributed by atoms with Crippen molar-refractivity contribution < 1.29 is 8.42 Å². The summed E-state index contributed by atoms with van der Waals surface area (Å²) >= 11 is 3.35. The van der Waals surface area contributed by atoms with Crippen molar-refractivity contribution in [2.45, 2.75) is 6.42 Å². The van der Waals surface area contributed by atoms with Gasteiger partial charge >= 0.3 is 0 Å². The van der Waals surface area contributed by atoms with Crippen LogP contribution in [0.25, 0.3) is 0 Å². The van der Waals surface area contributed by atoms with Crippen molar-refractivity contribution in [2.75, 3.05) is 29.5 Å². The fourth-order valence-electron chi connectivity index (χ4n) is 1.99. The Morgan fingerprint density at radius 3 is 2.72 bits per heavy atom. The van der Waals surface area contributed by atoms with Gasteiger partial charge in [-0.3, -0.25) is 0 Å². The van der Waals surface area contributed by atoms with Crippen molar-refractivity contribution in [3.8, 4) is 6.07 Å². The van der Waals surface area contributed by atoms with Crippen molar-refractivity contribution in [1.29, 1.82) is 5.26 Å². The first-order chi connectivity index (χ1) is 8.52. The predicted molar refractivity (Wildman–Crippen MR) is 74.3 cm³/mol. The van der Waals surface area contributed by atoms with Gasteiger partial charge in [-0.2, -0.15) is 5.26 Å². The third-order valence-electron chi connectivity index (χ3n) is 2.99. The SMILES string of the molecule is N#Cc1ccc(N2CCCS(=O)(=O)CC2)cc1Br. The average Bonchev–Trinajstić information content (AvgIpc) is 2.50. The molecule has 2 rings (SSSR count). The highest BCUT2D eigenvalue weighted by atomic mass is 79.9.